The van der Waals surface area contributed by atoms with Crippen molar-refractivity contribution < 1.29 is 0 Å². The number of H-pyrrole nitrogens is 2. The van der Waals surface area contributed by atoms with Crippen molar-refractivity contribution in [3.8, 4) is 0 Å². The number of likely N-dealkylation sites (tertiary alicyclic amines) is 1. The van der Waals surface area contributed by atoms with Gasteiger partial charge in [0, 0.05) is 18.3 Å². The molecule has 1 saturated heterocycles. The number of hydrogen-bond acceptors (Lipinski definition) is 3. The number of hydrogen-bond donors (Lipinski definition) is 2. The number of nitrogens with one attached hydrogen (secondary N) is 2. The Morgan fingerprint density at radius 2 is 2.00 bits per heavy atom. The summed E-state index contributed by atoms with van der Waals surface area (Å²) in [7, 11) is 0. The predicted molar refractivity (Wildman–Crippen MR) is 61.4 cm³/mol. The van der Waals surface area contributed by atoms with Crippen LogP contribution in [0.5, 0.6) is 0 Å². The fraction of sp³-hybridized carbons (Fsp3) is 0.636. The fourth-order valence-electron chi connectivity index (χ4n) is 2.07. The van der Waals surface area contributed by atoms with Crippen LogP contribution in [0, 0.1) is 5.92 Å². The minimum absolute atomic E-state index is 0.330. The van der Waals surface area contributed by atoms with Crippen LogP contribution in [-0.2, 0) is 6.54 Å². The van der Waals surface area contributed by atoms with E-state index in [2.05, 4.69) is 21.8 Å². The Hall–Kier alpha value is -1.36. The number of piperidine rings is 1. The standard InChI is InChI=1S/C11H17N3O2/c1-8-2-4-14(5-3-8)7-9-6-10(15)13-11(16)12-9/h6,8H,2-5,7H2,1H3,(H2,12,13,15,16). The second-order valence-electron chi connectivity index (χ2n) is 4.57. The van der Waals surface area contributed by atoms with E-state index in [0.29, 0.717) is 12.2 Å². The highest BCUT2D eigenvalue weighted by Gasteiger charge is 2.15. The highest BCUT2D eigenvalue weighted by Crippen LogP contribution is 2.16. The molecule has 0 saturated carbocycles. The van der Waals surface area contributed by atoms with E-state index >= 15 is 0 Å². The van der Waals surface area contributed by atoms with Crippen molar-refractivity contribution in [1.29, 1.82) is 0 Å². The molecule has 88 valence electrons. The average molecular weight is 223 g/mol. The third-order valence-electron chi connectivity index (χ3n) is 3.09. The predicted octanol–water partition coefficient (Wildman–Crippen LogP) is 0.295. The summed E-state index contributed by atoms with van der Waals surface area (Å²) in [5.41, 5.74) is -0.0553. The molecule has 0 spiro atoms. The van der Waals surface area contributed by atoms with Crippen molar-refractivity contribution >= 4 is 0 Å². The molecule has 1 aromatic heterocycles. The lowest BCUT2D eigenvalue weighted by Gasteiger charge is -2.29. The molecule has 5 nitrogen and oxygen atoms in total. The Morgan fingerprint density at radius 3 is 2.62 bits per heavy atom. The Bertz CT molecular complexity index is 427. The molecule has 0 atom stereocenters. The van der Waals surface area contributed by atoms with Crippen molar-refractivity contribution in [3.63, 3.8) is 0 Å². The lowest BCUT2D eigenvalue weighted by molar-refractivity contribution is 0.183. The largest absolute Gasteiger partial charge is 0.325 e. The molecule has 0 bridgehead atoms. The van der Waals surface area contributed by atoms with Gasteiger partial charge >= 0.3 is 5.69 Å². The van der Waals surface area contributed by atoms with Crippen LogP contribution in [0.15, 0.2) is 15.7 Å². The SMILES string of the molecule is CC1CCN(Cc2cc(=O)[nH]c(=O)[nH]2)CC1. The van der Waals surface area contributed by atoms with Gasteiger partial charge in [-0.3, -0.25) is 14.7 Å². The first-order valence-electron chi connectivity index (χ1n) is 5.68. The summed E-state index contributed by atoms with van der Waals surface area (Å²) in [5, 5.41) is 0. The maximum absolute atomic E-state index is 11.1. The van der Waals surface area contributed by atoms with Crippen molar-refractivity contribution in [3.05, 3.63) is 32.6 Å². The second kappa shape index (κ2) is 4.65. The normalized spacial score (nSPS) is 18.8. The molecule has 0 radical (unpaired) electrons. The highest BCUT2D eigenvalue weighted by molar-refractivity contribution is 4.98. The van der Waals surface area contributed by atoms with Gasteiger partial charge in [-0.15, -0.1) is 0 Å². The van der Waals surface area contributed by atoms with Crippen molar-refractivity contribution in [2.24, 2.45) is 5.92 Å². The Balaban J connectivity index is 2.04. The van der Waals surface area contributed by atoms with Crippen LogP contribution < -0.4 is 11.2 Å². The van der Waals surface area contributed by atoms with Gasteiger partial charge in [0.25, 0.3) is 5.56 Å². The van der Waals surface area contributed by atoms with Crippen molar-refractivity contribution in [1.82, 2.24) is 14.9 Å². The van der Waals surface area contributed by atoms with E-state index in [0.717, 1.165) is 19.0 Å². The summed E-state index contributed by atoms with van der Waals surface area (Å²) in [4.78, 5) is 29.3. The summed E-state index contributed by atoms with van der Waals surface area (Å²) in [5.74, 6) is 0.787. The molecule has 2 N–H and O–H groups in total. The van der Waals surface area contributed by atoms with Crippen LogP contribution in [0.2, 0.25) is 0 Å². The monoisotopic (exact) mass is 223 g/mol. The Morgan fingerprint density at radius 1 is 1.31 bits per heavy atom. The minimum Gasteiger partial charge on any atom is -0.310 e. The third-order valence-corrected chi connectivity index (χ3v) is 3.09. The van der Waals surface area contributed by atoms with Crippen LogP contribution in [0.25, 0.3) is 0 Å². The van der Waals surface area contributed by atoms with E-state index in [4.69, 9.17) is 0 Å². The first-order chi connectivity index (χ1) is 7.63. The maximum Gasteiger partial charge on any atom is 0.325 e. The minimum atomic E-state index is -0.423. The summed E-state index contributed by atoms with van der Waals surface area (Å²) < 4.78 is 0. The van der Waals surface area contributed by atoms with Crippen LogP contribution >= 0.6 is 0 Å². The quantitative estimate of drug-likeness (QED) is 0.757. The molecule has 2 rings (SSSR count). The Kier molecular flexibility index (Phi) is 3.24. The maximum atomic E-state index is 11.1. The zero-order chi connectivity index (χ0) is 11.5. The van der Waals surface area contributed by atoms with E-state index < -0.39 is 5.69 Å². The van der Waals surface area contributed by atoms with Crippen LogP contribution in [0.3, 0.4) is 0 Å². The summed E-state index contributed by atoms with van der Waals surface area (Å²) in [6.07, 6.45) is 2.38. The van der Waals surface area contributed by atoms with E-state index in [9.17, 15) is 9.59 Å². The van der Waals surface area contributed by atoms with Crippen molar-refractivity contribution in [2.75, 3.05) is 13.1 Å². The molecule has 16 heavy (non-hydrogen) atoms. The Labute approximate surface area is 93.5 Å². The molecule has 1 aromatic rings. The molecule has 1 aliphatic heterocycles. The van der Waals surface area contributed by atoms with Crippen LogP contribution in [-0.4, -0.2) is 28.0 Å². The number of rotatable bonds is 2. The fourth-order valence-corrected chi connectivity index (χ4v) is 2.07. The lowest BCUT2D eigenvalue weighted by atomic mass is 9.99. The summed E-state index contributed by atoms with van der Waals surface area (Å²) in [6, 6.07) is 1.46. The smallest absolute Gasteiger partial charge is 0.310 e. The van der Waals surface area contributed by atoms with Gasteiger partial charge in [-0.05, 0) is 31.8 Å². The van der Waals surface area contributed by atoms with Crippen molar-refractivity contribution in [2.45, 2.75) is 26.3 Å². The number of aromatic nitrogens is 2. The lowest BCUT2D eigenvalue weighted by Crippen LogP contribution is -2.34. The first kappa shape index (κ1) is 11.1. The molecule has 2 heterocycles. The molecule has 0 amide bonds. The molecule has 1 fully saturated rings. The summed E-state index contributed by atoms with van der Waals surface area (Å²) >= 11 is 0. The number of aromatic amines is 2. The van der Waals surface area contributed by atoms with Gasteiger partial charge in [0.1, 0.15) is 0 Å². The third kappa shape index (κ3) is 2.82. The van der Waals surface area contributed by atoms with E-state index in [1.165, 1.54) is 18.9 Å². The van der Waals surface area contributed by atoms with Gasteiger partial charge in [-0.2, -0.15) is 0 Å². The highest BCUT2D eigenvalue weighted by atomic mass is 16.2. The average Bonchev–Trinajstić information content (AvgIpc) is 2.20. The van der Waals surface area contributed by atoms with E-state index in [1.54, 1.807) is 0 Å². The molecule has 0 aliphatic carbocycles. The van der Waals surface area contributed by atoms with E-state index in [-0.39, 0.29) is 5.56 Å². The molecular weight excluding hydrogens is 206 g/mol. The molecule has 5 heteroatoms. The first-order valence-corrected chi connectivity index (χ1v) is 5.68. The zero-order valence-corrected chi connectivity index (χ0v) is 9.45. The van der Waals surface area contributed by atoms with Gasteiger partial charge in [0.05, 0.1) is 0 Å². The number of nitrogens with zero attached hydrogens (tertiary/aromatic N) is 1. The van der Waals surface area contributed by atoms with Crippen LogP contribution in [0.4, 0.5) is 0 Å². The van der Waals surface area contributed by atoms with Gasteiger partial charge in [-0.1, -0.05) is 6.92 Å². The van der Waals surface area contributed by atoms with Gasteiger partial charge in [0.15, 0.2) is 0 Å². The molecule has 0 unspecified atom stereocenters. The van der Waals surface area contributed by atoms with Crippen LogP contribution in [0.1, 0.15) is 25.5 Å². The summed E-state index contributed by atoms with van der Waals surface area (Å²) in [6.45, 7) is 4.99. The zero-order valence-electron chi connectivity index (χ0n) is 9.45. The van der Waals surface area contributed by atoms with Gasteiger partial charge in [-0.25, -0.2) is 4.79 Å². The van der Waals surface area contributed by atoms with Gasteiger partial charge in [0.2, 0.25) is 0 Å². The molecule has 1 aliphatic rings. The topological polar surface area (TPSA) is 69.0 Å². The van der Waals surface area contributed by atoms with Gasteiger partial charge < -0.3 is 4.98 Å². The van der Waals surface area contributed by atoms with E-state index in [1.807, 2.05) is 0 Å². The molecule has 0 aromatic carbocycles. The molecular formula is C11H17N3O2. The second-order valence-corrected chi connectivity index (χ2v) is 4.57.